The summed E-state index contributed by atoms with van der Waals surface area (Å²) < 4.78 is 0. The van der Waals surface area contributed by atoms with Gasteiger partial charge >= 0.3 is 0 Å². The molecule has 0 atom stereocenters. The normalized spacial score (nSPS) is 22.7. The molecule has 0 bridgehead atoms. The molecule has 19 heavy (non-hydrogen) atoms. The summed E-state index contributed by atoms with van der Waals surface area (Å²) in [5.41, 5.74) is 8.59. The van der Waals surface area contributed by atoms with Crippen LogP contribution >= 0.6 is 11.6 Å². The van der Waals surface area contributed by atoms with E-state index in [4.69, 9.17) is 17.3 Å². The molecule has 0 amide bonds. The van der Waals surface area contributed by atoms with E-state index in [1.807, 2.05) is 18.2 Å². The van der Waals surface area contributed by atoms with E-state index in [2.05, 4.69) is 4.90 Å². The minimum atomic E-state index is 0.630. The van der Waals surface area contributed by atoms with Crippen molar-refractivity contribution in [1.29, 1.82) is 0 Å². The van der Waals surface area contributed by atoms with Gasteiger partial charge in [-0.1, -0.05) is 36.9 Å². The fraction of sp³-hybridized carbons (Fsp3) is 0.625. The summed E-state index contributed by atoms with van der Waals surface area (Å²) in [6.07, 6.45) is 9.75. The Morgan fingerprint density at radius 2 is 1.68 bits per heavy atom. The second-order valence-corrected chi connectivity index (χ2v) is 6.63. The highest BCUT2D eigenvalue weighted by atomic mass is 35.5. The van der Waals surface area contributed by atoms with E-state index in [-0.39, 0.29) is 0 Å². The second kappa shape index (κ2) is 5.24. The van der Waals surface area contributed by atoms with Crippen molar-refractivity contribution in [3.63, 3.8) is 0 Å². The van der Waals surface area contributed by atoms with Crippen LogP contribution in [0, 0.1) is 5.41 Å². The molecule has 0 unspecified atom stereocenters. The second-order valence-electron chi connectivity index (χ2n) is 6.23. The zero-order chi connectivity index (χ0) is 13.3. The van der Waals surface area contributed by atoms with Crippen molar-refractivity contribution < 1.29 is 0 Å². The third-order valence-electron chi connectivity index (χ3n) is 5.07. The van der Waals surface area contributed by atoms with E-state index < -0.39 is 0 Å². The van der Waals surface area contributed by atoms with Gasteiger partial charge in [-0.3, -0.25) is 0 Å². The van der Waals surface area contributed by atoms with Crippen LogP contribution in [0.5, 0.6) is 0 Å². The smallest absolute Gasteiger partial charge is 0.0789 e. The first-order valence-electron chi connectivity index (χ1n) is 7.49. The van der Waals surface area contributed by atoms with Crippen molar-refractivity contribution in [3.05, 3.63) is 23.2 Å². The number of hydrogen-bond acceptors (Lipinski definition) is 2. The maximum absolute atomic E-state index is 6.32. The van der Waals surface area contributed by atoms with Crippen molar-refractivity contribution in [1.82, 2.24) is 0 Å². The number of rotatable bonds is 1. The van der Waals surface area contributed by atoms with Gasteiger partial charge in [-0.25, -0.2) is 0 Å². The lowest BCUT2D eigenvalue weighted by atomic mass is 9.68. The number of halogens is 1. The van der Waals surface area contributed by atoms with E-state index in [1.54, 1.807) is 0 Å². The summed E-state index contributed by atoms with van der Waals surface area (Å²) in [6.45, 7) is 2.21. The van der Waals surface area contributed by atoms with Crippen molar-refractivity contribution >= 4 is 23.0 Å². The van der Waals surface area contributed by atoms with Crippen LogP contribution in [-0.2, 0) is 0 Å². The topological polar surface area (TPSA) is 29.3 Å². The van der Waals surface area contributed by atoms with Gasteiger partial charge in [-0.05, 0) is 43.2 Å². The Labute approximate surface area is 120 Å². The van der Waals surface area contributed by atoms with Gasteiger partial charge < -0.3 is 10.6 Å². The lowest BCUT2D eigenvalue weighted by molar-refractivity contribution is 0.144. The predicted octanol–water partition coefficient (Wildman–Crippen LogP) is 4.47. The number of benzene rings is 1. The molecule has 2 N–H and O–H groups in total. The van der Waals surface area contributed by atoms with Crippen LogP contribution in [0.2, 0.25) is 5.02 Å². The zero-order valence-corrected chi connectivity index (χ0v) is 12.3. The van der Waals surface area contributed by atoms with Gasteiger partial charge in [0.15, 0.2) is 0 Å². The molecule has 1 aromatic rings. The number of piperidine rings is 1. The van der Waals surface area contributed by atoms with E-state index in [9.17, 15) is 0 Å². The number of nitrogen functional groups attached to an aromatic ring is 1. The van der Waals surface area contributed by atoms with Crippen molar-refractivity contribution in [2.45, 2.75) is 44.9 Å². The first-order chi connectivity index (χ1) is 9.20. The van der Waals surface area contributed by atoms with Gasteiger partial charge in [0.1, 0.15) is 0 Å². The standard InChI is InChI=1S/C16H23ClN2/c17-13-5-4-6-14(18)15(13)19-11-9-16(10-12-19)7-2-1-3-8-16/h4-6H,1-3,7-12,18H2. The zero-order valence-electron chi connectivity index (χ0n) is 11.5. The first-order valence-corrected chi connectivity index (χ1v) is 7.87. The molecule has 1 saturated heterocycles. The molecule has 1 spiro atoms. The van der Waals surface area contributed by atoms with E-state index >= 15 is 0 Å². The van der Waals surface area contributed by atoms with E-state index in [0.717, 1.165) is 29.5 Å². The highest BCUT2D eigenvalue weighted by Gasteiger charge is 2.36. The molecular weight excluding hydrogens is 256 g/mol. The fourth-order valence-corrected chi connectivity index (χ4v) is 4.17. The Morgan fingerprint density at radius 3 is 2.32 bits per heavy atom. The van der Waals surface area contributed by atoms with Gasteiger partial charge in [0.2, 0.25) is 0 Å². The van der Waals surface area contributed by atoms with Crippen LogP contribution in [0.15, 0.2) is 18.2 Å². The molecule has 0 radical (unpaired) electrons. The molecule has 2 fully saturated rings. The van der Waals surface area contributed by atoms with E-state index in [1.165, 1.54) is 44.9 Å². The molecular formula is C16H23ClN2. The maximum atomic E-state index is 6.32. The molecule has 1 aliphatic heterocycles. The van der Waals surface area contributed by atoms with Gasteiger partial charge in [-0.2, -0.15) is 0 Å². The highest BCUT2D eigenvalue weighted by molar-refractivity contribution is 6.34. The van der Waals surface area contributed by atoms with Crippen molar-refractivity contribution in [3.8, 4) is 0 Å². The van der Waals surface area contributed by atoms with Gasteiger partial charge in [-0.15, -0.1) is 0 Å². The number of para-hydroxylation sites is 1. The number of nitrogens with two attached hydrogens (primary N) is 1. The van der Waals surface area contributed by atoms with Crippen LogP contribution in [0.4, 0.5) is 11.4 Å². The largest absolute Gasteiger partial charge is 0.397 e. The Bertz CT molecular complexity index is 422. The maximum Gasteiger partial charge on any atom is 0.0789 e. The van der Waals surface area contributed by atoms with Gasteiger partial charge in [0.25, 0.3) is 0 Å². The summed E-state index contributed by atoms with van der Waals surface area (Å²) in [4.78, 5) is 2.39. The Balaban J connectivity index is 1.73. The average Bonchev–Trinajstić information content (AvgIpc) is 2.42. The molecule has 2 nitrogen and oxygen atoms in total. The lowest BCUT2D eigenvalue weighted by Crippen LogP contribution is -2.41. The minimum Gasteiger partial charge on any atom is -0.397 e. The molecule has 1 aliphatic carbocycles. The summed E-state index contributed by atoms with van der Waals surface area (Å²) in [6, 6.07) is 5.82. The van der Waals surface area contributed by atoms with Crippen LogP contribution in [-0.4, -0.2) is 13.1 Å². The van der Waals surface area contributed by atoms with Crippen LogP contribution in [0.25, 0.3) is 0 Å². The third kappa shape index (κ3) is 2.55. The lowest BCUT2D eigenvalue weighted by Gasteiger charge is -2.45. The summed E-state index contributed by atoms with van der Waals surface area (Å²) in [5.74, 6) is 0. The Kier molecular flexibility index (Phi) is 3.62. The SMILES string of the molecule is Nc1cccc(Cl)c1N1CCC2(CCCCC2)CC1. The van der Waals surface area contributed by atoms with Gasteiger partial charge in [0.05, 0.1) is 16.4 Å². The summed E-state index contributed by atoms with van der Waals surface area (Å²) in [7, 11) is 0. The quantitative estimate of drug-likeness (QED) is 0.768. The van der Waals surface area contributed by atoms with Crippen molar-refractivity contribution in [2.24, 2.45) is 5.41 Å². The van der Waals surface area contributed by atoms with Crippen LogP contribution in [0.1, 0.15) is 44.9 Å². The Hall–Kier alpha value is -0.890. The van der Waals surface area contributed by atoms with Gasteiger partial charge in [0, 0.05) is 13.1 Å². The predicted molar refractivity (Wildman–Crippen MR) is 82.8 cm³/mol. The summed E-state index contributed by atoms with van der Waals surface area (Å²) in [5, 5.41) is 0.791. The summed E-state index contributed by atoms with van der Waals surface area (Å²) >= 11 is 6.32. The molecule has 104 valence electrons. The Morgan fingerprint density at radius 1 is 1.00 bits per heavy atom. The number of hydrogen-bond donors (Lipinski definition) is 1. The molecule has 1 aromatic carbocycles. The van der Waals surface area contributed by atoms with Crippen LogP contribution in [0.3, 0.4) is 0 Å². The van der Waals surface area contributed by atoms with Crippen molar-refractivity contribution in [2.75, 3.05) is 23.7 Å². The number of anilines is 2. The number of nitrogens with zero attached hydrogens (tertiary/aromatic N) is 1. The first kappa shape index (κ1) is 13.1. The average molecular weight is 279 g/mol. The molecule has 1 saturated carbocycles. The molecule has 2 aliphatic rings. The molecule has 0 aromatic heterocycles. The van der Waals surface area contributed by atoms with Crippen LogP contribution < -0.4 is 10.6 Å². The molecule has 3 rings (SSSR count). The van der Waals surface area contributed by atoms with E-state index in [0.29, 0.717) is 5.41 Å². The third-order valence-corrected chi connectivity index (χ3v) is 5.38. The molecule has 3 heteroatoms. The monoisotopic (exact) mass is 278 g/mol. The molecule has 1 heterocycles. The fourth-order valence-electron chi connectivity index (χ4n) is 3.87. The minimum absolute atomic E-state index is 0.630. The highest BCUT2D eigenvalue weighted by Crippen LogP contribution is 2.46.